The standard InChI is InChI=1S/C22H28FN5O13S3/c23-10-7-28(21(37)26-18(10)33)16-5-12(29)13(41-16)8-40-22(38)39-3-4-42-43-9-14(19(34)25-6-17(31)32)44-27-15(30)2-1-11(24)20(35)36/h7-8,11-12,14,16,29H,1-6,9,24H2,(H,25,34)(H,27,30)(H,31,32)(H,35,36)(H,26,33,37)/b13-8+. The number of carboxylic acid groups (broad SMARTS) is 2. The fourth-order valence-corrected chi connectivity index (χ4v) is 6.24. The summed E-state index contributed by atoms with van der Waals surface area (Å²) in [5.41, 5.74) is 3.16. The lowest BCUT2D eigenvalue weighted by Crippen LogP contribution is -2.39. The lowest BCUT2D eigenvalue weighted by Gasteiger charge is -2.16. The smallest absolute Gasteiger partial charge is 0.480 e. The molecular formula is C22H28FN5O13S3. The van der Waals surface area contributed by atoms with E-state index >= 15 is 0 Å². The largest absolute Gasteiger partial charge is 0.513 e. The van der Waals surface area contributed by atoms with Crippen molar-refractivity contribution >= 4 is 63.4 Å². The number of ether oxygens (including phenoxy) is 3. The molecule has 0 bridgehead atoms. The number of aliphatic hydroxyl groups is 1. The minimum absolute atomic E-state index is 0.0882. The van der Waals surface area contributed by atoms with Crippen molar-refractivity contribution in [2.45, 2.75) is 42.9 Å². The number of carbonyl (C=O) groups excluding carboxylic acids is 3. The Morgan fingerprint density at radius 3 is 2.66 bits per heavy atom. The molecule has 22 heteroatoms. The predicted molar refractivity (Wildman–Crippen MR) is 152 cm³/mol. The molecule has 1 saturated heterocycles. The number of halogens is 1. The molecule has 8 N–H and O–H groups in total. The number of H-pyrrole nitrogens is 1. The van der Waals surface area contributed by atoms with Crippen LogP contribution in [0, 0.1) is 5.82 Å². The number of carbonyl (C=O) groups is 5. The molecule has 244 valence electrons. The number of nitrogens with two attached hydrogens (primary N) is 1. The summed E-state index contributed by atoms with van der Waals surface area (Å²) in [7, 11) is 2.32. The minimum Gasteiger partial charge on any atom is -0.480 e. The van der Waals surface area contributed by atoms with Crippen LogP contribution >= 0.6 is 33.5 Å². The van der Waals surface area contributed by atoms with Gasteiger partial charge in [-0.2, -0.15) is 4.39 Å². The van der Waals surface area contributed by atoms with Gasteiger partial charge in [0.15, 0.2) is 12.0 Å². The summed E-state index contributed by atoms with van der Waals surface area (Å²) >= 11 is 0.714. The normalized spacial score (nSPS) is 18.1. The van der Waals surface area contributed by atoms with Gasteiger partial charge < -0.3 is 40.6 Å². The number of aromatic amines is 1. The number of carboxylic acids is 2. The Morgan fingerprint density at radius 1 is 1.25 bits per heavy atom. The van der Waals surface area contributed by atoms with E-state index in [0.29, 0.717) is 18.1 Å². The monoisotopic (exact) mass is 685 g/mol. The van der Waals surface area contributed by atoms with Crippen LogP contribution in [0.1, 0.15) is 25.5 Å². The molecule has 2 heterocycles. The number of aliphatic hydroxyl groups excluding tert-OH is 1. The van der Waals surface area contributed by atoms with Crippen molar-refractivity contribution in [1.82, 2.24) is 19.6 Å². The molecule has 0 spiro atoms. The molecule has 1 aromatic heterocycles. The topological polar surface area (TPSA) is 279 Å². The Labute approximate surface area is 258 Å². The number of hydrogen-bond acceptors (Lipinski definition) is 15. The first-order valence-electron chi connectivity index (χ1n) is 12.3. The van der Waals surface area contributed by atoms with Gasteiger partial charge in [0.2, 0.25) is 17.6 Å². The summed E-state index contributed by atoms with van der Waals surface area (Å²) in [5.74, 6) is -4.98. The highest BCUT2D eigenvalue weighted by Gasteiger charge is 2.32. The number of aliphatic carboxylic acids is 2. The van der Waals surface area contributed by atoms with Gasteiger partial charge >= 0.3 is 23.8 Å². The Hall–Kier alpha value is -3.73. The van der Waals surface area contributed by atoms with Gasteiger partial charge in [0.1, 0.15) is 36.8 Å². The van der Waals surface area contributed by atoms with E-state index in [1.54, 1.807) is 4.98 Å². The van der Waals surface area contributed by atoms with Crippen molar-refractivity contribution in [3.05, 3.63) is 44.9 Å². The van der Waals surface area contributed by atoms with E-state index in [1.807, 2.05) is 0 Å². The van der Waals surface area contributed by atoms with Gasteiger partial charge in [-0.3, -0.25) is 38.2 Å². The molecule has 0 radical (unpaired) electrons. The van der Waals surface area contributed by atoms with Crippen molar-refractivity contribution in [3.63, 3.8) is 0 Å². The second-order valence-corrected chi connectivity index (χ2v) is 12.2. The van der Waals surface area contributed by atoms with Gasteiger partial charge in [-0.1, -0.05) is 21.6 Å². The van der Waals surface area contributed by atoms with Crippen LogP contribution in [0.15, 0.2) is 27.8 Å². The lowest BCUT2D eigenvalue weighted by molar-refractivity contribution is -0.139. The SMILES string of the molecule is NC(CCC(=O)NSC(CSSCCOC(=O)O/C=C1/OC(n2cc(F)c(=O)[nH]c2=O)CC1O)C(=O)NCC(=O)O)C(=O)O. The Kier molecular flexibility index (Phi) is 15.1. The molecule has 0 aliphatic carbocycles. The second kappa shape index (κ2) is 18.2. The van der Waals surface area contributed by atoms with E-state index < -0.39 is 77.1 Å². The van der Waals surface area contributed by atoms with Crippen molar-refractivity contribution in [3.8, 4) is 0 Å². The summed E-state index contributed by atoms with van der Waals surface area (Å²) in [6.45, 7) is -0.796. The number of aromatic nitrogens is 2. The zero-order valence-electron chi connectivity index (χ0n) is 22.5. The maximum absolute atomic E-state index is 13.5. The maximum Gasteiger partial charge on any atom is 0.513 e. The van der Waals surface area contributed by atoms with Gasteiger partial charge in [0.25, 0.3) is 5.56 Å². The second-order valence-electron chi connectivity index (χ2n) is 8.54. The van der Waals surface area contributed by atoms with Crippen molar-refractivity contribution in [2.75, 3.05) is 24.7 Å². The van der Waals surface area contributed by atoms with Gasteiger partial charge in [-0.05, 0) is 18.4 Å². The molecule has 4 atom stereocenters. The van der Waals surface area contributed by atoms with E-state index in [-0.39, 0.29) is 43.1 Å². The van der Waals surface area contributed by atoms with Crippen LogP contribution in [0.5, 0.6) is 0 Å². The molecule has 2 rings (SSSR count). The molecular weight excluding hydrogens is 657 g/mol. The zero-order chi connectivity index (χ0) is 32.8. The summed E-state index contributed by atoms with van der Waals surface area (Å²) in [6, 6.07) is -1.23. The quantitative estimate of drug-likeness (QED) is 0.0335. The van der Waals surface area contributed by atoms with Gasteiger partial charge in [-0.25, -0.2) is 9.59 Å². The summed E-state index contributed by atoms with van der Waals surface area (Å²) in [5, 5.41) is 28.9. The van der Waals surface area contributed by atoms with Crippen molar-refractivity contribution in [1.29, 1.82) is 0 Å². The number of nitrogens with zero attached hydrogens (tertiary/aromatic N) is 1. The van der Waals surface area contributed by atoms with Crippen LogP contribution < -0.4 is 27.0 Å². The number of hydrogen-bond donors (Lipinski definition) is 7. The van der Waals surface area contributed by atoms with E-state index in [9.17, 15) is 43.1 Å². The lowest BCUT2D eigenvalue weighted by atomic mass is 10.2. The Bertz CT molecular complexity index is 1360. The van der Waals surface area contributed by atoms with Crippen molar-refractivity contribution < 1.29 is 57.9 Å². The molecule has 0 aromatic carbocycles. The van der Waals surface area contributed by atoms with E-state index in [1.165, 1.54) is 10.8 Å². The first kappa shape index (κ1) is 36.5. The molecule has 0 saturated carbocycles. The first-order chi connectivity index (χ1) is 20.8. The highest BCUT2D eigenvalue weighted by atomic mass is 33.1. The Balaban J connectivity index is 1.74. The number of rotatable bonds is 17. The highest BCUT2D eigenvalue weighted by molar-refractivity contribution is 8.76. The van der Waals surface area contributed by atoms with Crippen LogP contribution in [0.25, 0.3) is 0 Å². The van der Waals surface area contributed by atoms with E-state index in [0.717, 1.165) is 21.6 Å². The van der Waals surface area contributed by atoms with Crippen LogP contribution in [0.4, 0.5) is 9.18 Å². The summed E-state index contributed by atoms with van der Waals surface area (Å²) in [6.07, 6.45) is -2.84. The molecule has 18 nitrogen and oxygen atoms in total. The number of nitrogens with one attached hydrogen (secondary N) is 3. The van der Waals surface area contributed by atoms with Gasteiger partial charge in [0.05, 0.1) is 6.20 Å². The third-order valence-corrected chi connectivity index (χ3v) is 8.84. The van der Waals surface area contributed by atoms with Gasteiger partial charge in [-0.15, -0.1) is 0 Å². The third kappa shape index (κ3) is 12.5. The number of amides is 2. The molecule has 1 aliphatic heterocycles. The third-order valence-electron chi connectivity index (χ3n) is 5.24. The predicted octanol–water partition coefficient (Wildman–Crippen LogP) is -1.14. The molecule has 1 aliphatic rings. The van der Waals surface area contributed by atoms with E-state index in [4.69, 9.17) is 30.2 Å². The maximum atomic E-state index is 13.5. The molecule has 1 fully saturated rings. The zero-order valence-corrected chi connectivity index (χ0v) is 24.9. The highest BCUT2D eigenvalue weighted by Crippen LogP contribution is 2.30. The fourth-order valence-electron chi connectivity index (χ4n) is 3.05. The van der Waals surface area contributed by atoms with Crippen LogP contribution in [-0.4, -0.2) is 96.8 Å². The fraction of sp³-hybridized carbons (Fsp3) is 0.500. The molecule has 4 unspecified atom stereocenters. The summed E-state index contributed by atoms with van der Waals surface area (Å²) in [4.78, 5) is 82.5. The van der Waals surface area contributed by atoms with Crippen molar-refractivity contribution in [2.24, 2.45) is 5.73 Å². The van der Waals surface area contributed by atoms with Gasteiger partial charge in [0, 0.05) is 24.3 Å². The summed E-state index contributed by atoms with van der Waals surface area (Å²) < 4.78 is 31.6. The average molecular weight is 686 g/mol. The molecule has 44 heavy (non-hydrogen) atoms. The van der Waals surface area contributed by atoms with Crippen LogP contribution in [-0.2, 0) is 33.4 Å². The van der Waals surface area contributed by atoms with Crippen LogP contribution in [0.3, 0.4) is 0 Å². The molecule has 2 amide bonds. The van der Waals surface area contributed by atoms with E-state index in [2.05, 4.69) is 10.0 Å². The first-order valence-corrected chi connectivity index (χ1v) is 15.7. The molecule has 1 aromatic rings. The average Bonchev–Trinajstić information content (AvgIpc) is 3.34. The van der Waals surface area contributed by atoms with Crippen LogP contribution in [0.2, 0.25) is 0 Å². The Morgan fingerprint density at radius 2 is 1.98 bits per heavy atom. The minimum atomic E-state index is -1.31.